The van der Waals surface area contributed by atoms with Gasteiger partial charge in [0.25, 0.3) is 5.56 Å². The first-order chi connectivity index (χ1) is 10.8. The first kappa shape index (κ1) is 13.9. The molecule has 0 radical (unpaired) electrons. The highest BCUT2D eigenvalue weighted by atomic mass is 16.5. The molecule has 110 valence electrons. The number of rotatable bonds is 4. The maximum Gasteiger partial charge on any atom is 0.284 e. The molecule has 22 heavy (non-hydrogen) atoms. The van der Waals surface area contributed by atoms with Gasteiger partial charge in [0.15, 0.2) is 0 Å². The zero-order chi connectivity index (χ0) is 15.4. The van der Waals surface area contributed by atoms with Crippen LogP contribution in [0.15, 0.2) is 63.9 Å². The Morgan fingerprint density at radius 1 is 1.14 bits per heavy atom. The van der Waals surface area contributed by atoms with Gasteiger partial charge >= 0.3 is 0 Å². The first-order valence-corrected chi connectivity index (χ1v) is 6.74. The van der Waals surface area contributed by atoms with Crippen LogP contribution < -0.4 is 15.6 Å². The summed E-state index contributed by atoms with van der Waals surface area (Å²) in [6.07, 6.45) is 3.25. The summed E-state index contributed by atoms with van der Waals surface area (Å²) in [5.41, 5.74) is 1.02. The molecule has 0 aliphatic rings. The number of methoxy groups -OCH3 is 1. The summed E-state index contributed by atoms with van der Waals surface area (Å²) in [4.78, 5) is 15.8. The third-order valence-electron chi connectivity index (χ3n) is 3.12. The molecule has 0 saturated carbocycles. The van der Waals surface area contributed by atoms with Crippen molar-refractivity contribution in [3.8, 4) is 5.75 Å². The van der Waals surface area contributed by atoms with Crippen molar-refractivity contribution in [3.05, 3.63) is 71.0 Å². The lowest BCUT2D eigenvalue weighted by Gasteiger charge is -2.06. The molecule has 1 heterocycles. The fourth-order valence-corrected chi connectivity index (χ4v) is 2.07. The Morgan fingerprint density at radius 2 is 1.91 bits per heavy atom. The fourth-order valence-electron chi connectivity index (χ4n) is 2.07. The van der Waals surface area contributed by atoms with E-state index in [1.807, 2.05) is 30.3 Å². The normalized spacial score (nSPS) is 11.0. The van der Waals surface area contributed by atoms with Crippen molar-refractivity contribution in [1.29, 1.82) is 0 Å². The topological polar surface area (TPSA) is 64.4 Å². The number of para-hydroxylation sites is 3. The van der Waals surface area contributed by atoms with Crippen LogP contribution in [0.25, 0.3) is 17.0 Å². The molecule has 5 nitrogen and oxygen atoms in total. The van der Waals surface area contributed by atoms with E-state index in [1.165, 1.54) is 0 Å². The van der Waals surface area contributed by atoms with Gasteiger partial charge in [-0.1, -0.05) is 24.3 Å². The van der Waals surface area contributed by atoms with E-state index in [0.29, 0.717) is 11.0 Å². The molecule has 0 unspecified atom stereocenters. The largest absolute Gasteiger partial charge is 0.495 e. The van der Waals surface area contributed by atoms with Crippen molar-refractivity contribution in [2.75, 3.05) is 12.4 Å². The van der Waals surface area contributed by atoms with E-state index in [0.717, 1.165) is 11.4 Å². The highest BCUT2D eigenvalue weighted by Gasteiger charge is 2.03. The third kappa shape index (κ3) is 2.83. The average molecular weight is 294 g/mol. The van der Waals surface area contributed by atoms with Gasteiger partial charge in [-0.2, -0.15) is 4.98 Å². The van der Waals surface area contributed by atoms with Crippen LogP contribution in [0.1, 0.15) is 5.89 Å². The SMILES string of the molecule is COc1ccccc1N/C=C/c1nc(=O)c2ccccc2o1. The van der Waals surface area contributed by atoms with Crippen molar-refractivity contribution in [2.24, 2.45) is 0 Å². The lowest BCUT2D eigenvalue weighted by Crippen LogP contribution is -2.07. The number of hydrogen-bond donors (Lipinski definition) is 1. The van der Waals surface area contributed by atoms with Gasteiger partial charge in [0.05, 0.1) is 18.2 Å². The van der Waals surface area contributed by atoms with Crippen LogP contribution in [0.2, 0.25) is 0 Å². The van der Waals surface area contributed by atoms with Crippen LogP contribution in [0, 0.1) is 0 Å². The van der Waals surface area contributed by atoms with Gasteiger partial charge in [0.2, 0.25) is 5.89 Å². The minimum Gasteiger partial charge on any atom is -0.495 e. The number of ether oxygens (including phenoxy) is 1. The van der Waals surface area contributed by atoms with Crippen molar-refractivity contribution in [2.45, 2.75) is 0 Å². The van der Waals surface area contributed by atoms with Crippen molar-refractivity contribution >= 4 is 22.7 Å². The maximum atomic E-state index is 11.9. The lowest BCUT2D eigenvalue weighted by molar-refractivity contribution is 0.417. The molecule has 0 atom stereocenters. The molecule has 0 fully saturated rings. The second-order valence-corrected chi connectivity index (χ2v) is 4.53. The molecule has 5 heteroatoms. The van der Waals surface area contributed by atoms with Gasteiger partial charge in [-0.05, 0) is 24.3 Å². The molecular formula is C17H14N2O3. The predicted molar refractivity (Wildman–Crippen MR) is 85.9 cm³/mol. The molecule has 1 aromatic heterocycles. The number of nitrogens with one attached hydrogen (secondary N) is 1. The van der Waals surface area contributed by atoms with E-state index in [4.69, 9.17) is 9.15 Å². The monoisotopic (exact) mass is 294 g/mol. The summed E-state index contributed by atoms with van der Waals surface area (Å²) in [6, 6.07) is 14.5. The molecule has 0 aliphatic carbocycles. The van der Waals surface area contributed by atoms with E-state index < -0.39 is 0 Å². The van der Waals surface area contributed by atoms with Gasteiger partial charge in [-0.25, -0.2) is 0 Å². The average Bonchev–Trinajstić information content (AvgIpc) is 2.55. The number of fused-ring (bicyclic) bond motifs is 1. The van der Waals surface area contributed by atoms with Crippen molar-refractivity contribution in [1.82, 2.24) is 4.98 Å². The van der Waals surface area contributed by atoms with Gasteiger partial charge in [0, 0.05) is 12.3 Å². The summed E-state index contributed by atoms with van der Waals surface area (Å²) >= 11 is 0. The molecule has 0 spiro atoms. The van der Waals surface area contributed by atoms with Gasteiger partial charge in [-0.15, -0.1) is 0 Å². The van der Waals surface area contributed by atoms with Crippen LogP contribution in [0.4, 0.5) is 5.69 Å². The van der Waals surface area contributed by atoms with E-state index >= 15 is 0 Å². The smallest absolute Gasteiger partial charge is 0.284 e. The summed E-state index contributed by atoms with van der Waals surface area (Å²) in [7, 11) is 1.61. The van der Waals surface area contributed by atoms with Crippen LogP contribution >= 0.6 is 0 Å². The molecular weight excluding hydrogens is 280 g/mol. The fraction of sp³-hybridized carbons (Fsp3) is 0.0588. The number of aromatic nitrogens is 1. The molecule has 0 saturated heterocycles. The summed E-state index contributed by atoms with van der Waals surface area (Å²) in [5.74, 6) is 0.964. The molecule has 0 aliphatic heterocycles. The first-order valence-electron chi connectivity index (χ1n) is 6.74. The third-order valence-corrected chi connectivity index (χ3v) is 3.12. The van der Waals surface area contributed by atoms with Crippen LogP contribution in [0.5, 0.6) is 5.75 Å². The molecule has 0 amide bonds. The summed E-state index contributed by atoms with van der Waals surface area (Å²) < 4.78 is 10.8. The number of nitrogens with zero attached hydrogens (tertiary/aromatic N) is 1. The number of hydrogen-bond acceptors (Lipinski definition) is 5. The highest BCUT2D eigenvalue weighted by Crippen LogP contribution is 2.23. The minimum atomic E-state index is -0.307. The van der Waals surface area contributed by atoms with Gasteiger partial charge in [0.1, 0.15) is 11.3 Å². The van der Waals surface area contributed by atoms with Crippen LogP contribution in [0.3, 0.4) is 0 Å². The number of benzene rings is 2. The standard InChI is InChI=1S/C17H14N2O3/c1-21-15-9-5-3-7-13(15)18-11-10-16-19-17(20)12-6-2-4-8-14(12)22-16/h2-11,18H,1H3/b11-10+. The Kier molecular flexibility index (Phi) is 3.87. The Hall–Kier alpha value is -3.08. The highest BCUT2D eigenvalue weighted by molar-refractivity contribution is 5.75. The predicted octanol–water partition coefficient (Wildman–Crippen LogP) is 3.28. The Labute approximate surface area is 126 Å². The van der Waals surface area contributed by atoms with Crippen molar-refractivity contribution < 1.29 is 9.15 Å². The molecule has 3 aromatic rings. The minimum absolute atomic E-state index is 0.242. The Bertz CT molecular complexity index is 884. The number of anilines is 1. The second kappa shape index (κ2) is 6.13. The zero-order valence-electron chi connectivity index (χ0n) is 11.9. The van der Waals surface area contributed by atoms with Crippen molar-refractivity contribution in [3.63, 3.8) is 0 Å². The molecule has 1 N–H and O–H groups in total. The molecule has 0 bridgehead atoms. The quantitative estimate of drug-likeness (QED) is 0.800. The van der Waals surface area contributed by atoms with Gasteiger partial charge in [-0.3, -0.25) is 4.79 Å². The molecule has 3 rings (SSSR count). The zero-order valence-corrected chi connectivity index (χ0v) is 11.9. The second-order valence-electron chi connectivity index (χ2n) is 4.53. The summed E-state index contributed by atoms with van der Waals surface area (Å²) in [6.45, 7) is 0. The van der Waals surface area contributed by atoms with Gasteiger partial charge < -0.3 is 14.5 Å². The van der Waals surface area contributed by atoms with E-state index in [1.54, 1.807) is 37.6 Å². The lowest BCUT2D eigenvalue weighted by atomic mass is 10.2. The van der Waals surface area contributed by atoms with Crippen LogP contribution in [-0.4, -0.2) is 12.1 Å². The van der Waals surface area contributed by atoms with E-state index in [2.05, 4.69) is 10.3 Å². The maximum absolute atomic E-state index is 11.9. The Morgan fingerprint density at radius 3 is 2.77 bits per heavy atom. The van der Waals surface area contributed by atoms with E-state index in [-0.39, 0.29) is 11.4 Å². The Balaban J connectivity index is 1.85. The summed E-state index contributed by atoms with van der Waals surface area (Å²) in [5, 5.41) is 3.54. The molecule has 2 aromatic carbocycles. The van der Waals surface area contributed by atoms with E-state index in [9.17, 15) is 4.79 Å². The van der Waals surface area contributed by atoms with Crippen LogP contribution in [-0.2, 0) is 0 Å².